The Hall–Kier alpha value is -5.53. The third-order valence-corrected chi connectivity index (χ3v) is 13.2. The maximum Gasteiger partial charge on any atom is 0.337 e. The molecule has 2 N–H and O–H groups in total. The second-order valence-electron chi connectivity index (χ2n) is 14.8. The number of esters is 2. The van der Waals surface area contributed by atoms with Gasteiger partial charge < -0.3 is 25.0 Å². The summed E-state index contributed by atoms with van der Waals surface area (Å²) >= 11 is 0. The summed E-state index contributed by atoms with van der Waals surface area (Å²) in [5.41, 5.74) is 4.84. The van der Waals surface area contributed by atoms with Crippen molar-refractivity contribution in [1.29, 1.82) is 0 Å². The van der Waals surface area contributed by atoms with E-state index in [-0.39, 0.29) is 46.5 Å². The molecule has 4 aromatic rings. The van der Waals surface area contributed by atoms with Crippen molar-refractivity contribution < 1.29 is 37.1 Å². The number of carbonyl (C=O) groups excluding carboxylic acids is 4. The number of hydrogen-bond donors (Lipinski definition) is 2. The van der Waals surface area contributed by atoms with Crippen molar-refractivity contribution in [2.24, 2.45) is 5.92 Å². The van der Waals surface area contributed by atoms with Crippen molar-refractivity contribution in [3.05, 3.63) is 119 Å². The molecule has 13 heteroatoms. The third kappa shape index (κ3) is 10.1. The number of nitrogens with one attached hydrogen (secondary N) is 2. The number of hydrogen-bond acceptors (Lipinski definition) is 9. The van der Waals surface area contributed by atoms with E-state index in [2.05, 4.69) is 15.5 Å². The molecule has 2 aliphatic rings. The van der Waals surface area contributed by atoms with E-state index in [1.165, 1.54) is 30.7 Å². The Kier molecular flexibility index (Phi) is 14.0. The van der Waals surface area contributed by atoms with Gasteiger partial charge in [0.2, 0.25) is 10.0 Å². The fourth-order valence-electron chi connectivity index (χ4n) is 7.86. The van der Waals surface area contributed by atoms with Crippen molar-refractivity contribution in [3.63, 3.8) is 0 Å². The molecule has 1 aliphatic heterocycles. The molecule has 1 saturated carbocycles. The number of rotatable bonds is 14. The van der Waals surface area contributed by atoms with E-state index in [0.29, 0.717) is 42.6 Å². The molecule has 58 heavy (non-hydrogen) atoms. The monoisotopic (exact) mass is 808 g/mol. The van der Waals surface area contributed by atoms with E-state index >= 15 is 0 Å². The van der Waals surface area contributed by atoms with Gasteiger partial charge in [-0.2, -0.15) is 4.31 Å². The summed E-state index contributed by atoms with van der Waals surface area (Å²) in [6.45, 7) is 3.76. The second kappa shape index (κ2) is 19.3. The topological polar surface area (TPSA) is 151 Å². The standard InChI is InChI=1S/C45H52N4O8S/c1-4-49(37-23-19-34(20-24-37)45(53)57-3)58(54,55)39-10-8-9-35(29-39)42(50)47-41-26-25-38(48-27-6-5-7-28-48)30-40(41)43(51)46-36-21-15-32(16-22-36)12-11-31-13-17-33(18-14-31)44(52)56-2/h8-10,13-18,21-22,25-26,29-30,34,37H,4-7,11-12,19-20,23-24,27-28H2,1-3H3,(H,46,51)(H,47,50). The quantitative estimate of drug-likeness (QED) is 0.124. The van der Waals surface area contributed by atoms with Gasteiger partial charge in [-0.1, -0.05) is 37.3 Å². The van der Waals surface area contributed by atoms with Crippen LogP contribution in [-0.2, 0) is 37.1 Å². The average Bonchev–Trinajstić information content (AvgIpc) is 3.26. The van der Waals surface area contributed by atoms with Gasteiger partial charge >= 0.3 is 11.9 Å². The molecule has 0 aromatic heterocycles. The molecule has 0 unspecified atom stereocenters. The van der Waals surface area contributed by atoms with Gasteiger partial charge in [-0.05, 0) is 130 Å². The minimum absolute atomic E-state index is 0.00424. The zero-order chi connectivity index (χ0) is 41.2. The Morgan fingerprint density at radius 2 is 1.38 bits per heavy atom. The zero-order valence-corrected chi connectivity index (χ0v) is 34.2. The highest BCUT2D eigenvalue weighted by molar-refractivity contribution is 7.89. The van der Waals surface area contributed by atoms with Gasteiger partial charge in [-0.15, -0.1) is 0 Å². The molecule has 0 radical (unpaired) electrons. The van der Waals surface area contributed by atoms with Crippen LogP contribution in [-0.4, -0.2) is 76.4 Å². The number of anilines is 3. The summed E-state index contributed by atoms with van der Waals surface area (Å²) in [7, 11) is -1.25. The lowest BCUT2D eigenvalue weighted by atomic mass is 9.86. The molecule has 0 atom stereocenters. The molecule has 0 bridgehead atoms. The molecular formula is C45H52N4O8S. The highest BCUT2D eigenvalue weighted by Gasteiger charge is 2.35. The van der Waals surface area contributed by atoms with Gasteiger partial charge in [-0.3, -0.25) is 14.4 Å². The van der Waals surface area contributed by atoms with Crippen LogP contribution in [0, 0.1) is 5.92 Å². The number of sulfonamides is 1. The maximum atomic E-state index is 14.0. The smallest absolute Gasteiger partial charge is 0.337 e. The Balaban J connectivity index is 1.16. The van der Waals surface area contributed by atoms with Crippen molar-refractivity contribution in [2.75, 3.05) is 49.4 Å². The number of methoxy groups -OCH3 is 2. The Labute approximate surface area is 341 Å². The summed E-state index contributed by atoms with van der Waals surface area (Å²) in [5, 5.41) is 5.88. The van der Waals surface area contributed by atoms with Gasteiger partial charge in [0.15, 0.2) is 0 Å². The average molecular weight is 809 g/mol. The van der Waals surface area contributed by atoms with Gasteiger partial charge in [0.25, 0.3) is 11.8 Å². The van der Waals surface area contributed by atoms with E-state index in [4.69, 9.17) is 9.47 Å². The fourth-order valence-corrected chi connectivity index (χ4v) is 9.60. The van der Waals surface area contributed by atoms with E-state index in [1.807, 2.05) is 42.5 Å². The summed E-state index contributed by atoms with van der Waals surface area (Å²) < 4.78 is 39.1. The number of nitrogens with zero attached hydrogens (tertiary/aromatic N) is 2. The summed E-state index contributed by atoms with van der Waals surface area (Å²) in [4.78, 5) is 53.8. The lowest BCUT2D eigenvalue weighted by molar-refractivity contribution is -0.146. The molecule has 6 rings (SSSR count). The first kappa shape index (κ1) is 42.1. The fraction of sp³-hybridized carbons (Fsp3) is 0.378. The SMILES string of the molecule is CCN(C1CCC(C(=O)OC)CC1)S(=O)(=O)c1cccc(C(=O)Nc2ccc(N3CCCCC3)cc2C(=O)Nc2ccc(CCc3ccc(C(=O)OC)cc3)cc2)c1. The van der Waals surface area contributed by atoms with Crippen molar-refractivity contribution >= 4 is 50.8 Å². The largest absolute Gasteiger partial charge is 0.469 e. The molecule has 0 spiro atoms. The Morgan fingerprint density at radius 3 is 2.00 bits per heavy atom. The normalized spacial score (nSPS) is 17.0. The number of amides is 2. The Morgan fingerprint density at radius 1 is 0.724 bits per heavy atom. The van der Waals surface area contributed by atoms with Crippen molar-refractivity contribution in [3.8, 4) is 0 Å². The van der Waals surface area contributed by atoms with E-state index in [0.717, 1.165) is 62.0 Å². The van der Waals surface area contributed by atoms with Crippen LogP contribution in [0.5, 0.6) is 0 Å². The van der Waals surface area contributed by atoms with E-state index < -0.39 is 21.8 Å². The first-order chi connectivity index (χ1) is 28.0. The summed E-state index contributed by atoms with van der Waals surface area (Å²) in [5.74, 6) is -1.83. The van der Waals surface area contributed by atoms with E-state index in [1.54, 1.807) is 43.3 Å². The predicted molar refractivity (Wildman–Crippen MR) is 224 cm³/mol. The van der Waals surface area contributed by atoms with Crippen LogP contribution in [0.1, 0.15) is 94.1 Å². The molecular weight excluding hydrogens is 757 g/mol. The lowest BCUT2D eigenvalue weighted by Crippen LogP contribution is -2.43. The van der Waals surface area contributed by atoms with Gasteiger partial charge in [0.05, 0.1) is 41.8 Å². The summed E-state index contributed by atoms with van der Waals surface area (Å²) in [6, 6.07) is 26.0. The number of piperidine rings is 1. The van der Waals surface area contributed by atoms with Crippen LogP contribution in [0.15, 0.2) is 95.9 Å². The molecule has 1 aliphatic carbocycles. The summed E-state index contributed by atoms with van der Waals surface area (Å²) in [6.07, 6.45) is 6.93. The predicted octanol–water partition coefficient (Wildman–Crippen LogP) is 7.50. The van der Waals surface area contributed by atoms with Gasteiger partial charge in [-0.25, -0.2) is 13.2 Å². The Bertz CT molecular complexity index is 2190. The van der Waals surface area contributed by atoms with Crippen molar-refractivity contribution in [2.45, 2.75) is 75.6 Å². The lowest BCUT2D eigenvalue weighted by Gasteiger charge is -2.34. The minimum Gasteiger partial charge on any atom is -0.469 e. The number of carbonyl (C=O) groups is 4. The molecule has 1 heterocycles. The van der Waals surface area contributed by atoms with Crippen LogP contribution in [0.4, 0.5) is 17.1 Å². The first-order valence-corrected chi connectivity index (χ1v) is 21.4. The molecule has 2 amide bonds. The number of ether oxygens (including phenoxy) is 2. The highest BCUT2D eigenvalue weighted by Crippen LogP contribution is 2.32. The zero-order valence-electron chi connectivity index (χ0n) is 33.4. The number of aryl methyl sites for hydroxylation is 2. The maximum absolute atomic E-state index is 14.0. The second-order valence-corrected chi connectivity index (χ2v) is 16.7. The molecule has 12 nitrogen and oxygen atoms in total. The highest BCUT2D eigenvalue weighted by atomic mass is 32.2. The molecule has 1 saturated heterocycles. The molecule has 2 fully saturated rings. The van der Waals surface area contributed by atoms with Crippen LogP contribution >= 0.6 is 0 Å². The van der Waals surface area contributed by atoms with Gasteiger partial charge in [0.1, 0.15) is 0 Å². The minimum atomic E-state index is -3.97. The van der Waals surface area contributed by atoms with Crippen molar-refractivity contribution in [1.82, 2.24) is 4.31 Å². The number of benzene rings is 4. The van der Waals surface area contributed by atoms with Crippen LogP contribution in [0.2, 0.25) is 0 Å². The van der Waals surface area contributed by atoms with Crippen LogP contribution in [0.3, 0.4) is 0 Å². The van der Waals surface area contributed by atoms with E-state index in [9.17, 15) is 27.6 Å². The molecule has 4 aromatic carbocycles. The molecule has 306 valence electrons. The third-order valence-electron chi connectivity index (χ3n) is 11.2. The van der Waals surface area contributed by atoms with Crippen LogP contribution in [0.25, 0.3) is 0 Å². The van der Waals surface area contributed by atoms with Crippen LogP contribution < -0.4 is 15.5 Å². The first-order valence-electron chi connectivity index (χ1n) is 20.0. The van der Waals surface area contributed by atoms with Gasteiger partial charge in [0, 0.05) is 42.6 Å².